The van der Waals surface area contributed by atoms with Crippen LogP contribution in [0.15, 0.2) is 18.2 Å². The number of aliphatic carboxylic acids is 1. The van der Waals surface area contributed by atoms with Crippen molar-refractivity contribution in [3.63, 3.8) is 0 Å². The first-order valence-corrected chi connectivity index (χ1v) is 7.09. The maximum Gasteiger partial charge on any atom is 0.304 e. The Bertz CT molecular complexity index is 534. The molecule has 19 heavy (non-hydrogen) atoms. The molecule has 2 unspecified atom stereocenters. The fraction of sp³-hybridized carbons (Fsp3) is 0.364. The smallest absolute Gasteiger partial charge is 0.304 e. The minimum Gasteiger partial charge on any atom is -0.481 e. The summed E-state index contributed by atoms with van der Waals surface area (Å²) in [7, 11) is -1.50. The quantitative estimate of drug-likeness (QED) is 0.642. The molecule has 1 rings (SSSR count). The highest BCUT2D eigenvalue weighted by molar-refractivity contribution is 7.84. The van der Waals surface area contributed by atoms with E-state index in [9.17, 15) is 19.1 Å². The molecule has 0 aliphatic carbocycles. The van der Waals surface area contributed by atoms with Crippen LogP contribution in [0.2, 0.25) is 5.02 Å². The lowest BCUT2D eigenvalue weighted by Crippen LogP contribution is -2.17. The number of nitro benzene ring substituents is 1. The molecule has 1 aromatic carbocycles. The van der Waals surface area contributed by atoms with Crippen LogP contribution in [-0.2, 0) is 21.3 Å². The second kappa shape index (κ2) is 6.63. The topological polar surface area (TPSA) is 97.5 Å². The summed E-state index contributed by atoms with van der Waals surface area (Å²) in [5.74, 6) is -1.12. The van der Waals surface area contributed by atoms with Crippen LogP contribution in [0.5, 0.6) is 0 Å². The van der Waals surface area contributed by atoms with E-state index in [4.69, 9.17) is 16.7 Å². The number of hydrogen-bond donors (Lipinski definition) is 1. The van der Waals surface area contributed by atoms with Crippen LogP contribution in [0.3, 0.4) is 0 Å². The van der Waals surface area contributed by atoms with Gasteiger partial charge in [0.15, 0.2) is 0 Å². The van der Waals surface area contributed by atoms with Crippen LogP contribution in [0.1, 0.15) is 18.9 Å². The van der Waals surface area contributed by atoms with Gasteiger partial charge >= 0.3 is 5.97 Å². The molecule has 0 heterocycles. The second-order valence-corrected chi connectivity index (χ2v) is 6.26. The molecular weight excluding hydrogens is 294 g/mol. The van der Waals surface area contributed by atoms with Crippen molar-refractivity contribution in [1.29, 1.82) is 0 Å². The Morgan fingerprint density at radius 1 is 1.58 bits per heavy atom. The van der Waals surface area contributed by atoms with E-state index in [1.165, 1.54) is 25.1 Å². The van der Waals surface area contributed by atoms with Crippen LogP contribution in [-0.4, -0.2) is 25.5 Å². The summed E-state index contributed by atoms with van der Waals surface area (Å²) in [4.78, 5) is 20.8. The van der Waals surface area contributed by atoms with Crippen LogP contribution >= 0.6 is 11.6 Å². The Labute approximate surface area is 117 Å². The Balaban J connectivity index is 2.90. The van der Waals surface area contributed by atoms with Gasteiger partial charge in [-0.25, -0.2) is 0 Å². The van der Waals surface area contributed by atoms with Crippen molar-refractivity contribution in [3.05, 3.63) is 38.9 Å². The van der Waals surface area contributed by atoms with E-state index < -0.39 is 26.9 Å². The van der Waals surface area contributed by atoms with Crippen molar-refractivity contribution >= 4 is 34.1 Å². The lowest BCUT2D eigenvalue weighted by Gasteiger charge is -2.09. The molecule has 2 atom stereocenters. The molecule has 6 nitrogen and oxygen atoms in total. The summed E-state index contributed by atoms with van der Waals surface area (Å²) < 4.78 is 11.9. The zero-order valence-electron chi connectivity index (χ0n) is 10.0. The number of carbonyl (C=O) groups is 1. The summed E-state index contributed by atoms with van der Waals surface area (Å²) in [6.07, 6.45) is -0.242. The average Bonchev–Trinajstić information content (AvgIpc) is 2.30. The molecule has 0 saturated carbocycles. The molecule has 0 aliphatic heterocycles. The first-order chi connectivity index (χ1) is 8.81. The van der Waals surface area contributed by atoms with Gasteiger partial charge in [0.1, 0.15) is 0 Å². The van der Waals surface area contributed by atoms with E-state index in [1.807, 2.05) is 0 Å². The highest BCUT2D eigenvalue weighted by Gasteiger charge is 2.20. The first kappa shape index (κ1) is 15.6. The summed E-state index contributed by atoms with van der Waals surface area (Å²) in [6.45, 7) is 1.53. The van der Waals surface area contributed by atoms with Crippen molar-refractivity contribution in [2.45, 2.75) is 24.3 Å². The SMILES string of the molecule is CC(CC(=O)O)S(=O)Cc1ccc(Cl)cc1[N+](=O)[O-]. The van der Waals surface area contributed by atoms with E-state index in [0.29, 0.717) is 0 Å². The van der Waals surface area contributed by atoms with Gasteiger partial charge in [0.2, 0.25) is 0 Å². The standard InChI is InChI=1S/C11H12ClNO5S/c1-7(4-11(14)15)19(18)6-8-2-3-9(12)5-10(8)13(16)17/h2-3,5,7H,4,6H2,1H3,(H,14,15). The number of hydrogen-bond acceptors (Lipinski definition) is 4. The summed E-state index contributed by atoms with van der Waals surface area (Å²) in [6, 6.07) is 4.10. The van der Waals surface area contributed by atoms with Gasteiger partial charge in [0.05, 0.1) is 17.1 Å². The average molecular weight is 306 g/mol. The molecule has 1 N–H and O–H groups in total. The zero-order chi connectivity index (χ0) is 14.6. The van der Waals surface area contributed by atoms with Gasteiger partial charge in [-0.1, -0.05) is 18.5 Å². The van der Waals surface area contributed by atoms with E-state index >= 15 is 0 Å². The van der Waals surface area contributed by atoms with Crippen LogP contribution in [0.4, 0.5) is 5.69 Å². The maximum atomic E-state index is 11.9. The minimum absolute atomic E-state index is 0.0675. The van der Waals surface area contributed by atoms with E-state index in [2.05, 4.69) is 0 Å². The van der Waals surface area contributed by atoms with Crippen molar-refractivity contribution < 1.29 is 19.0 Å². The van der Waals surface area contributed by atoms with Crippen LogP contribution in [0.25, 0.3) is 0 Å². The predicted octanol–water partition coefficient (Wildman–Crippen LogP) is 2.36. The summed E-state index contributed by atoms with van der Waals surface area (Å²) >= 11 is 5.67. The molecule has 0 amide bonds. The molecule has 8 heteroatoms. The van der Waals surface area contributed by atoms with Gasteiger partial charge in [0.25, 0.3) is 5.69 Å². The monoisotopic (exact) mass is 305 g/mol. The third-order valence-corrected chi connectivity index (χ3v) is 4.35. The highest BCUT2D eigenvalue weighted by atomic mass is 35.5. The maximum absolute atomic E-state index is 11.9. The largest absolute Gasteiger partial charge is 0.481 e. The molecule has 0 radical (unpaired) electrons. The molecule has 0 fully saturated rings. The molecule has 0 saturated heterocycles. The summed E-state index contributed by atoms with van der Waals surface area (Å²) in [5.41, 5.74) is 0.0772. The van der Waals surface area contributed by atoms with E-state index in [-0.39, 0.29) is 28.4 Å². The third-order valence-electron chi connectivity index (χ3n) is 2.45. The molecular formula is C11H12ClNO5S. The van der Waals surface area contributed by atoms with Gasteiger partial charge in [-0.3, -0.25) is 19.1 Å². The lowest BCUT2D eigenvalue weighted by molar-refractivity contribution is -0.385. The van der Waals surface area contributed by atoms with Crippen LogP contribution in [0, 0.1) is 10.1 Å². The normalized spacial score (nSPS) is 13.8. The lowest BCUT2D eigenvalue weighted by atomic mass is 10.2. The fourth-order valence-corrected chi connectivity index (χ4v) is 2.79. The molecule has 0 bridgehead atoms. The molecule has 104 valence electrons. The molecule has 1 aromatic rings. The molecule has 0 aromatic heterocycles. The minimum atomic E-state index is -1.50. The van der Waals surface area contributed by atoms with E-state index in [1.54, 1.807) is 0 Å². The van der Waals surface area contributed by atoms with Crippen molar-refractivity contribution in [3.8, 4) is 0 Å². The molecule has 0 spiro atoms. The number of nitro groups is 1. The number of halogens is 1. The Hall–Kier alpha value is -1.47. The highest BCUT2D eigenvalue weighted by Crippen LogP contribution is 2.25. The van der Waals surface area contributed by atoms with E-state index in [0.717, 1.165) is 0 Å². The second-order valence-electron chi connectivity index (χ2n) is 3.96. The van der Waals surface area contributed by atoms with Gasteiger partial charge in [-0.15, -0.1) is 0 Å². The first-order valence-electron chi connectivity index (χ1n) is 5.33. The van der Waals surface area contributed by atoms with Crippen molar-refractivity contribution in [2.24, 2.45) is 0 Å². The Morgan fingerprint density at radius 2 is 2.21 bits per heavy atom. The number of nitrogens with zero attached hydrogens (tertiary/aromatic N) is 1. The van der Waals surface area contributed by atoms with Gasteiger partial charge < -0.3 is 5.11 Å². The zero-order valence-corrected chi connectivity index (χ0v) is 11.6. The fourth-order valence-electron chi connectivity index (χ4n) is 1.46. The van der Waals surface area contributed by atoms with Gasteiger partial charge in [-0.05, 0) is 12.1 Å². The van der Waals surface area contributed by atoms with Crippen molar-refractivity contribution in [2.75, 3.05) is 0 Å². The van der Waals surface area contributed by atoms with Crippen LogP contribution < -0.4 is 0 Å². The third kappa shape index (κ3) is 4.60. The van der Waals surface area contributed by atoms with Crippen molar-refractivity contribution in [1.82, 2.24) is 0 Å². The summed E-state index contributed by atoms with van der Waals surface area (Å²) in [5, 5.41) is 19.1. The number of benzene rings is 1. The number of rotatable bonds is 6. The Morgan fingerprint density at radius 3 is 2.74 bits per heavy atom. The Kier molecular flexibility index (Phi) is 5.44. The van der Waals surface area contributed by atoms with Gasteiger partial charge in [-0.2, -0.15) is 0 Å². The number of carboxylic acids is 1. The number of carboxylic acid groups (broad SMARTS) is 1. The predicted molar refractivity (Wildman–Crippen MR) is 71.7 cm³/mol. The molecule has 0 aliphatic rings. The van der Waals surface area contributed by atoms with Gasteiger partial charge in [0, 0.05) is 32.7 Å².